The zero-order chi connectivity index (χ0) is 36.1. The van der Waals surface area contributed by atoms with Gasteiger partial charge in [0.15, 0.2) is 5.56 Å². The van der Waals surface area contributed by atoms with E-state index in [1.54, 1.807) is 32.6 Å². The molecule has 0 radical (unpaired) electrons. The molecular weight excluding hydrogens is 668 g/mol. The number of anilines is 3. The van der Waals surface area contributed by atoms with Gasteiger partial charge < -0.3 is 40.2 Å². The first kappa shape index (κ1) is 34.2. The maximum absolute atomic E-state index is 15.7. The number of fused-ring (bicyclic) bond motifs is 1. The maximum atomic E-state index is 15.7. The van der Waals surface area contributed by atoms with Crippen molar-refractivity contribution in [3.8, 4) is 0 Å². The molecule has 3 aliphatic heterocycles. The van der Waals surface area contributed by atoms with Gasteiger partial charge in [-0.3, -0.25) is 19.3 Å². The Morgan fingerprint density at radius 1 is 0.961 bits per heavy atom. The Morgan fingerprint density at radius 3 is 2.33 bits per heavy atom. The molecule has 7 rings (SSSR count). The van der Waals surface area contributed by atoms with Crippen LogP contribution in [0.1, 0.15) is 36.2 Å². The summed E-state index contributed by atoms with van der Waals surface area (Å²) in [6.45, 7) is 3.89. The van der Waals surface area contributed by atoms with Gasteiger partial charge in [0.2, 0.25) is 17.2 Å². The topological polar surface area (TPSA) is 173 Å². The predicted octanol–water partition coefficient (Wildman–Crippen LogP) is 1.30. The van der Waals surface area contributed by atoms with E-state index in [9.17, 15) is 24.0 Å². The van der Waals surface area contributed by atoms with Crippen molar-refractivity contribution in [3.05, 3.63) is 63.9 Å². The lowest BCUT2D eigenvalue weighted by Gasteiger charge is -2.38. The van der Waals surface area contributed by atoms with Crippen molar-refractivity contribution in [1.29, 1.82) is 0 Å². The fourth-order valence-electron chi connectivity index (χ4n) is 7.42. The average molecular weight is 709 g/mol. The van der Waals surface area contributed by atoms with E-state index >= 15 is 8.78 Å². The van der Waals surface area contributed by atoms with E-state index in [1.807, 2.05) is 4.90 Å². The van der Waals surface area contributed by atoms with Gasteiger partial charge in [0, 0.05) is 74.5 Å². The number of rotatable bonds is 9. The van der Waals surface area contributed by atoms with Gasteiger partial charge in [-0.25, -0.2) is 13.6 Å². The number of hydrogen-bond acceptors (Lipinski definition) is 9. The van der Waals surface area contributed by atoms with E-state index in [0.717, 1.165) is 18.9 Å². The third kappa shape index (κ3) is 6.55. The minimum Gasteiger partial charge on any atom is -0.561 e. The number of hydrogen-bond donors (Lipinski definition) is 2. The molecule has 3 atom stereocenters. The highest BCUT2D eigenvalue weighted by molar-refractivity contribution is 5.94. The first-order valence-corrected chi connectivity index (χ1v) is 17.1. The summed E-state index contributed by atoms with van der Waals surface area (Å²) < 4.78 is 38.1. The van der Waals surface area contributed by atoms with Gasteiger partial charge in [-0.2, -0.15) is 0 Å². The normalized spacial score (nSPS) is 22.1. The van der Waals surface area contributed by atoms with Crippen LogP contribution in [-0.2, 0) is 14.3 Å². The molecular formula is C35H40F2N7O7+. The fraction of sp³-hybridized carbons (Fsp3) is 0.457. The molecule has 4 aliphatic rings. The third-order valence-electron chi connectivity index (χ3n) is 10.3. The summed E-state index contributed by atoms with van der Waals surface area (Å²) in [5.41, 5.74) is 6.56. The number of amides is 3. The molecule has 0 spiro atoms. The summed E-state index contributed by atoms with van der Waals surface area (Å²) >= 11 is 0. The van der Waals surface area contributed by atoms with Gasteiger partial charge in [0.05, 0.1) is 41.6 Å². The van der Waals surface area contributed by atoms with E-state index in [-0.39, 0.29) is 66.6 Å². The lowest BCUT2D eigenvalue weighted by Crippen LogP contribution is -2.52. The highest BCUT2D eigenvalue weighted by atomic mass is 19.1. The molecule has 51 heavy (non-hydrogen) atoms. The van der Waals surface area contributed by atoms with Gasteiger partial charge >= 0.3 is 12.1 Å². The summed E-state index contributed by atoms with van der Waals surface area (Å²) in [4.78, 5) is 69.0. The Kier molecular flexibility index (Phi) is 9.03. The number of pyridine rings is 1. The quantitative estimate of drug-likeness (QED) is 0.311. The van der Waals surface area contributed by atoms with E-state index in [0.29, 0.717) is 49.6 Å². The first-order chi connectivity index (χ1) is 24.4. The van der Waals surface area contributed by atoms with Crippen LogP contribution in [-0.4, -0.2) is 103 Å². The van der Waals surface area contributed by atoms with Crippen molar-refractivity contribution < 1.29 is 37.8 Å². The van der Waals surface area contributed by atoms with Crippen LogP contribution < -0.4 is 31.2 Å². The van der Waals surface area contributed by atoms with E-state index in [2.05, 4.69) is 5.32 Å². The van der Waals surface area contributed by atoms with Crippen LogP contribution in [0.25, 0.3) is 10.9 Å². The molecule has 4 heterocycles. The zero-order valence-corrected chi connectivity index (χ0v) is 28.1. The molecule has 1 aromatic heterocycles. The number of aromatic nitrogens is 1. The number of carbonyl (C=O) groups is 4. The van der Waals surface area contributed by atoms with Crippen LogP contribution in [0.15, 0.2) is 41.3 Å². The van der Waals surface area contributed by atoms with Crippen LogP contribution in [0.4, 0.5) is 30.6 Å². The smallest absolute Gasteiger partial charge is 0.554 e. The Bertz CT molecular complexity index is 1980. The van der Waals surface area contributed by atoms with Crippen LogP contribution in [0.2, 0.25) is 0 Å². The number of nitrogens with two attached hydrogens (primary N) is 1. The second-order valence-corrected chi connectivity index (χ2v) is 13.7. The standard InChI is InChI=1S/C35H39F2N7O7/c1-19(45)39-14-23-16-44(35(50)51-23)22-4-5-29(27(36)10-22)40-6-8-41(9-7-40)33(47)25-17-42(15-20(25)13-38)31-12-30-24(11-28(31)37)32(46)26(34(48)49)18-43(30)21-2-3-21/h4-5,10-12,18,20-21,23,25H,2-3,6-9,13-17,38H2,1H3,(H,39,45)(H,48,49)/p+1/t20-,23-,25-/m1/s1. The third-order valence-corrected chi connectivity index (χ3v) is 10.3. The maximum Gasteiger partial charge on any atom is 0.554 e. The molecule has 2 aromatic carbocycles. The largest absolute Gasteiger partial charge is 0.561 e. The van der Waals surface area contributed by atoms with Crippen molar-refractivity contribution >= 4 is 51.8 Å². The highest BCUT2D eigenvalue weighted by Gasteiger charge is 2.41. The predicted molar refractivity (Wildman–Crippen MR) is 184 cm³/mol. The Morgan fingerprint density at radius 2 is 1.69 bits per heavy atom. The Balaban J connectivity index is 1.02. The van der Waals surface area contributed by atoms with Crippen molar-refractivity contribution in [1.82, 2.24) is 14.8 Å². The van der Waals surface area contributed by atoms with Gasteiger partial charge in [-0.15, -0.1) is 0 Å². The molecule has 0 bridgehead atoms. The summed E-state index contributed by atoms with van der Waals surface area (Å²) in [7, 11) is 0. The molecule has 5 N–H and O–H groups in total. The number of ether oxygens (including phenoxy) is 1. The summed E-state index contributed by atoms with van der Waals surface area (Å²) in [6.07, 6.45) is 1.91. The molecule has 1 saturated carbocycles. The highest BCUT2D eigenvalue weighted by Crippen LogP contribution is 2.39. The molecule has 4 fully saturated rings. The number of carbonyl (C=O) groups excluding carboxylic acids is 4. The van der Waals surface area contributed by atoms with Crippen molar-refractivity contribution in [2.24, 2.45) is 17.6 Å². The second-order valence-electron chi connectivity index (χ2n) is 13.7. The van der Waals surface area contributed by atoms with Gasteiger partial charge in [0.1, 0.15) is 17.7 Å². The SMILES string of the molecule is CC(=O)NC[C@@H]1CN(c2ccc(N3CCN(C(=O)[C@@H]4CN(c5cc6c(cc5F)c(=O)c(C(=O)[OH2+])cn6C5CC5)C[C@H]4CN)CC3)c(F)c2)C(=O)O1. The summed E-state index contributed by atoms with van der Waals surface area (Å²) in [6, 6.07) is 7.29. The van der Waals surface area contributed by atoms with Crippen LogP contribution in [0, 0.1) is 23.5 Å². The van der Waals surface area contributed by atoms with Crippen LogP contribution >= 0.6 is 0 Å². The van der Waals surface area contributed by atoms with Crippen molar-refractivity contribution in [2.75, 3.05) is 73.6 Å². The fourth-order valence-corrected chi connectivity index (χ4v) is 7.42. The minimum atomic E-state index is -1.11. The molecule has 14 nitrogen and oxygen atoms in total. The van der Waals surface area contributed by atoms with Gasteiger partial charge in [-0.05, 0) is 49.7 Å². The molecule has 1 aliphatic carbocycles. The molecule has 270 valence electrons. The number of halogens is 2. The Hall–Kier alpha value is -5.25. The second kappa shape index (κ2) is 13.5. The first-order valence-electron chi connectivity index (χ1n) is 17.1. The summed E-state index contributed by atoms with van der Waals surface area (Å²) in [5, 5.41) is 10.2. The van der Waals surface area contributed by atoms with Crippen molar-refractivity contribution in [3.63, 3.8) is 0 Å². The van der Waals surface area contributed by atoms with E-state index < -0.39 is 41.1 Å². The van der Waals surface area contributed by atoms with E-state index in [4.69, 9.17) is 15.6 Å². The minimum absolute atomic E-state index is 0.0401. The number of piperazine rings is 1. The van der Waals surface area contributed by atoms with Crippen LogP contribution in [0.5, 0.6) is 0 Å². The van der Waals surface area contributed by atoms with Crippen LogP contribution in [0.3, 0.4) is 0 Å². The molecule has 3 amide bonds. The number of nitrogens with zero attached hydrogens (tertiary/aromatic N) is 5. The summed E-state index contributed by atoms with van der Waals surface area (Å²) in [5.74, 6) is -3.40. The molecule has 0 unspecified atom stereocenters. The molecule has 3 aromatic rings. The lowest BCUT2D eigenvalue weighted by atomic mass is 9.94. The Labute approximate surface area is 291 Å². The number of nitrogens with one attached hydrogen (secondary N) is 1. The lowest BCUT2D eigenvalue weighted by molar-refractivity contribution is -0.136. The molecule has 3 saturated heterocycles. The van der Waals surface area contributed by atoms with Gasteiger partial charge in [0.25, 0.3) is 0 Å². The molecule has 16 heteroatoms. The van der Waals surface area contributed by atoms with Gasteiger partial charge in [-0.1, -0.05) is 0 Å². The number of cyclic esters (lactones) is 1. The zero-order valence-electron chi connectivity index (χ0n) is 28.1. The van der Waals surface area contributed by atoms with E-state index in [1.165, 1.54) is 24.1 Å². The number of benzene rings is 2. The average Bonchev–Trinajstić information content (AvgIpc) is 3.75. The monoisotopic (exact) mass is 708 g/mol. The van der Waals surface area contributed by atoms with Crippen molar-refractivity contribution in [2.45, 2.75) is 31.9 Å².